The summed E-state index contributed by atoms with van der Waals surface area (Å²) in [5.74, 6) is 7.20. The largest absolute Gasteiger partial charge is 0.395 e. The molecule has 0 atom stereocenters. The zero-order valence-corrected chi connectivity index (χ0v) is 12.0. The van der Waals surface area contributed by atoms with Gasteiger partial charge in [0.05, 0.1) is 6.61 Å². The van der Waals surface area contributed by atoms with E-state index in [-0.39, 0.29) is 6.61 Å². The molecule has 2 heteroatoms. The van der Waals surface area contributed by atoms with Crippen molar-refractivity contribution in [3.63, 3.8) is 0 Å². The standard InChI is InChI=1S/C18H23NO/c20-12-4-3-6-16-5-1-2-7-17(16)14-19(18-10-11-18)13-15-8-9-15/h1-2,5,7,15,18,20H,4,8-14H2. The van der Waals surface area contributed by atoms with Crippen LogP contribution < -0.4 is 0 Å². The first-order chi connectivity index (χ1) is 9.86. The van der Waals surface area contributed by atoms with Crippen molar-refractivity contribution in [3.05, 3.63) is 35.4 Å². The van der Waals surface area contributed by atoms with Gasteiger partial charge in [0.1, 0.15) is 0 Å². The number of aliphatic hydroxyl groups excluding tert-OH is 1. The second-order valence-electron chi connectivity index (χ2n) is 6.04. The molecule has 0 heterocycles. The van der Waals surface area contributed by atoms with Gasteiger partial charge >= 0.3 is 0 Å². The maximum absolute atomic E-state index is 8.84. The molecule has 106 valence electrons. The third-order valence-electron chi connectivity index (χ3n) is 4.10. The lowest BCUT2D eigenvalue weighted by Crippen LogP contribution is -2.28. The van der Waals surface area contributed by atoms with Gasteiger partial charge in [-0.15, -0.1) is 0 Å². The van der Waals surface area contributed by atoms with E-state index in [1.807, 2.05) is 0 Å². The molecule has 0 bridgehead atoms. The van der Waals surface area contributed by atoms with Crippen molar-refractivity contribution < 1.29 is 5.11 Å². The quantitative estimate of drug-likeness (QED) is 0.803. The van der Waals surface area contributed by atoms with E-state index in [0.717, 1.165) is 24.1 Å². The monoisotopic (exact) mass is 269 g/mol. The van der Waals surface area contributed by atoms with Crippen molar-refractivity contribution in [1.82, 2.24) is 4.90 Å². The first kappa shape index (κ1) is 13.7. The molecule has 2 aliphatic rings. The third-order valence-corrected chi connectivity index (χ3v) is 4.10. The van der Waals surface area contributed by atoms with Gasteiger partial charge in [0.15, 0.2) is 0 Å². The first-order valence-electron chi connectivity index (χ1n) is 7.78. The summed E-state index contributed by atoms with van der Waals surface area (Å²) in [5.41, 5.74) is 2.47. The van der Waals surface area contributed by atoms with E-state index < -0.39 is 0 Å². The summed E-state index contributed by atoms with van der Waals surface area (Å²) in [7, 11) is 0. The fourth-order valence-corrected chi connectivity index (χ4v) is 2.63. The van der Waals surface area contributed by atoms with Crippen LogP contribution in [0.3, 0.4) is 0 Å². The van der Waals surface area contributed by atoms with E-state index in [9.17, 15) is 0 Å². The number of hydrogen-bond donors (Lipinski definition) is 1. The van der Waals surface area contributed by atoms with Gasteiger partial charge in [-0.1, -0.05) is 30.0 Å². The molecule has 0 amide bonds. The van der Waals surface area contributed by atoms with Crippen LogP contribution in [0.5, 0.6) is 0 Å². The molecule has 0 spiro atoms. The molecular weight excluding hydrogens is 246 g/mol. The molecule has 20 heavy (non-hydrogen) atoms. The van der Waals surface area contributed by atoms with Gasteiger partial charge < -0.3 is 5.11 Å². The second kappa shape index (κ2) is 6.43. The molecule has 1 aromatic rings. The van der Waals surface area contributed by atoms with Crippen LogP contribution in [0.15, 0.2) is 24.3 Å². The minimum absolute atomic E-state index is 0.144. The van der Waals surface area contributed by atoms with Crippen molar-refractivity contribution in [2.75, 3.05) is 13.2 Å². The second-order valence-corrected chi connectivity index (χ2v) is 6.04. The number of hydrogen-bond acceptors (Lipinski definition) is 2. The highest BCUT2D eigenvalue weighted by Crippen LogP contribution is 2.35. The van der Waals surface area contributed by atoms with Crippen molar-refractivity contribution in [2.24, 2.45) is 5.92 Å². The van der Waals surface area contributed by atoms with Gasteiger partial charge in [0.2, 0.25) is 0 Å². The van der Waals surface area contributed by atoms with Crippen molar-refractivity contribution in [3.8, 4) is 11.8 Å². The van der Waals surface area contributed by atoms with Gasteiger partial charge in [-0.25, -0.2) is 0 Å². The Morgan fingerprint density at radius 2 is 1.95 bits per heavy atom. The van der Waals surface area contributed by atoms with Crippen molar-refractivity contribution in [1.29, 1.82) is 0 Å². The first-order valence-corrected chi connectivity index (χ1v) is 7.78. The number of nitrogens with zero attached hydrogens (tertiary/aromatic N) is 1. The van der Waals surface area contributed by atoms with Gasteiger partial charge in [-0.3, -0.25) is 4.90 Å². The predicted octanol–water partition coefficient (Wildman–Crippen LogP) is 2.79. The molecule has 0 aromatic heterocycles. The van der Waals surface area contributed by atoms with Crippen LogP contribution in [0.2, 0.25) is 0 Å². The molecule has 3 rings (SSSR count). The molecule has 2 aliphatic carbocycles. The van der Waals surface area contributed by atoms with E-state index in [1.54, 1.807) is 0 Å². The molecule has 0 unspecified atom stereocenters. The average molecular weight is 269 g/mol. The van der Waals surface area contributed by atoms with Crippen molar-refractivity contribution >= 4 is 0 Å². The van der Waals surface area contributed by atoms with Gasteiger partial charge in [0, 0.05) is 31.1 Å². The Hall–Kier alpha value is -1.30. The van der Waals surface area contributed by atoms with Crippen LogP contribution in [0.4, 0.5) is 0 Å². The summed E-state index contributed by atoms with van der Waals surface area (Å²) < 4.78 is 0. The lowest BCUT2D eigenvalue weighted by molar-refractivity contribution is 0.244. The lowest BCUT2D eigenvalue weighted by Gasteiger charge is -2.22. The third kappa shape index (κ3) is 3.85. The topological polar surface area (TPSA) is 23.5 Å². The van der Waals surface area contributed by atoms with Crippen LogP contribution in [0, 0.1) is 17.8 Å². The zero-order chi connectivity index (χ0) is 13.8. The Balaban J connectivity index is 1.70. The number of aliphatic hydroxyl groups is 1. The minimum Gasteiger partial charge on any atom is -0.395 e. The summed E-state index contributed by atoms with van der Waals surface area (Å²) in [4.78, 5) is 2.66. The maximum Gasteiger partial charge on any atom is 0.0540 e. The molecule has 2 fully saturated rings. The molecule has 2 nitrogen and oxygen atoms in total. The van der Waals surface area contributed by atoms with Crippen LogP contribution in [-0.2, 0) is 6.54 Å². The summed E-state index contributed by atoms with van der Waals surface area (Å²) in [6, 6.07) is 9.27. The van der Waals surface area contributed by atoms with Crippen LogP contribution in [-0.4, -0.2) is 29.2 Å². The van der Waals surface area contributed by atoms with E-state index >= 15 is 0 Å². The van der Waals surface area contributed by atoms with E-state index in [0.29, 0.717) is 6.42 Å². The highest BCUT2D eigenvalue weighted by Gasteiger charge is 2.33. The predicted molar refractivity (Wildman–Crippen MR) is 81.2 cm³/mol. The highest BCUT2D eigenvalue weighted by molar-refractivity contribution is 5.41. The summed E-state index contributed by atoms with van der Waals surface area (Å²) in [5, 5.41) is 8.84. The maximum atomic E-state index is 8.84. The zero-order valence-electron chi connectivity index (χ0n) is 12.0. The Morgan fingerprint density at radius 1 is 1.15 bits per heavy atom. The molecule has 2 saturated carbocycles. The molecule has 0 aliphatic heterocycles. The average Bonchev–Trinajstić information content (AvgIpc) is 3.34. The van der Waals surface area contributed by atoms with E-state index in [1.165, 1.54) is 37.8 Å². The fraction of sp³-hybridized carbons (Fsp3) is 0.556. The van der Waals surface area contributed by atoms with Gasteiger partial charge in [-0.2, -0.15) is 0 Å². The Kier molecular flexibility index (Phi) is 4.40. The smallest absolute Gasteiger partial charge is 0.0540 e. The minimum atomic E-state index is 0.144. The fourth-order valence-electron chi connectivity index (χ4n) is 2.63. The number of rotatable bonds is 6. The Morgan fingerprint density at radius 3 is 2.65 bits per heavy atom. The van der Waals surface area contributed by atoms with Crippen LogP contribution in [0.25, 0.3) is 0 Å². The van der Waals surface area contributed by atoms with Crippen LogP contribution >= 0.6 is 0 Å². The molecule has 1 aromatic carbocycles. The lowest BCUT2D eigenvalue weighted by atomic mass is 10.1. The summed E-state index contributed by atoms with van der Waals surface area (Å²) in [6.45, 7) is 2.44. The Labute approximate surface area is 121 Å². The highest BCUT2D eigenvalue weighted by atomic mass is 16.2. The molecule has 1 N–H and O–H groups in total. The van der Waals surface area contributed by atoms with E-state index in [2.05, 4.69) is 41.0 Å². The summed E-state index contributed by atoms with van der Waals surface area (Å²) >= 11 is 0. The van der Waals surface area contributed by atoms with Gasteiger partial charge in [-0.05, 0) is 43.2 Å². The number of benzene rings is 1. The molecule has 0 radical (unpaired) electrons. The summed E-state index contributed by atoms with van der Waals surface area (Å²) in [6.07, 6.45) is 6.13. The van der Waals surface area contributed by atoms with Crippen LogP contribution in [0.1, 0.15) is 43.2 Å². The van der Waals surface area contributed by atoms with Gasteiger partial charge in [0.25, 0.3) is 0 Å². The normalized spacial score (nSPS) is 17.9. The molecule has 0 saturated heterocycles. The van der Waals surface area contributed by atoms with Crippen molar-refractivity contribution in [2.45, 2.75) is 44.7 Å². The van der Waals surface area contributed by atoms with E-state index in [4.69, 9.17) is 5.11 Å². The molecular formula is C18H23NO. The Bertz CT molecular complexity index is 506. The SMILES string of the molecule is OCCC#Cc1ccccc1CN(CC1CC1)C1CC1.